The van der Waals surface area contributed by atoms with Crippen molar-refractivity contribution in [3.63, 3.8) is 0 Å². The second-order valence-corrected chi connectivity index (χ2v) is 10.3. The van der Waals surface area contributed by atoms with Crippen LogP contribution in [0.1, 0.15) is 43.2 Å². The van der Waals surface area contributed by atoms with Crippen LogP contribution in [0.5, 0.6) is 11.5 Å². The van der Waals surface area contributed by atoms with Gasteiger partial charge in [-0.1, -0.05) is 6.07 Å². The molecule has 32 heavy (non-hydrogen) atoms. The van der Waals surface area contributed by atoms with Crippen molar-refractivity contribution < 1.29 is 27.5 Å². The molecule has 178 valence electrons. The zero-order valence-corrected chi connectivity index (χ0v) is 19.8. The van der Waals surface area contributed by atoms with Crippen LogP contribution in [-0.2, 0) is 32.5 Å². The van der Waals surface area contributed by atoms with Gasteiger partial charge in [0.2, 0.25) is 21.8 Å². The van der Waals surface area contributed by atoms with E-state index in [0.717, 1.165) is 17.4 Å². The van der Waals surface area contributed by atoms with E-state index in [4.69, 9.17) is 9.47 Å². The van der Waals surface area contributed by atoms with Crippen LogP contribution in [0.2, 0.25) is 0 Å². The van der Waals surface area contributed by atoms with Crippen molar-refractivity contribution in [2.75, 3.05) is 33.6 Å². The third-order valence-corrected chi connectivity index (χ3v) is 7.46. The summed E-state index contributed by atoms with van der Waals surface area (Å²) in [4.78, 5) is 25.0. The molecule has 0 spiro atoms. The van der Waals surface area contributed by atoms with Crippen LogP contribution in [0.15, 0.2) is 12.1 Å². The molecule has 3 rings (SSSR count). The summed E-state index contributed by atoms with van der Waals surface area (Å²) in [5, 5.41) is 5.79. The number of benzene rings is 1. The normalized spacial score (nSPS) is 23.7. The van der Waals surface area contributed by atoms with Gasteiger partial charge in [-0.05, 0) is 49.3 Å². The molecular weight excluding hydrogens is 434 g/mol. The Morgan fingerprint density at radius 2 is 1.72 bits per heavy atom. The van der Waals surface area contributed by atoms with Gasteiger partial charge in [-0.3, -0.25) is 9.59 Å². The van der Waals surface area contributed by atoms with Crippen molar-refractivity contribution in [1.82, 2.24) is 14.9 Å². The highest BCUT2D eigenvalue weighted by Gasteiger charge is 2.40. The maximum atomic E-state index is 12.5. The summed E-state index contributed by atoms with van der Waals surface area (Å²) in [7, 11) is -0.334. The minimum atomic E-state index is -3.51. The summed E-state index contributed by atoms with van der Waals surface area (Å²) in [6.45, 7) is 0.713. The third-order valence-electron chi connectivity index (χ3n) is 6.09. The van der Waals surface area contributed by atoms with E-state index in [1.54, 1.807) is 14.2 Å². The van der Waals surface area contributed by atoms with Crippen LogP contribution >= 0.6 is 0 Å². The maximum absolute atomic E-state index is 12.5. The van der Waals surface area contributed by atoms with Crippen LogP contribution in [0.4, 0.5) is 0 Å². The maximum Gasteiger partial charge on any atom is 0.221 e. The fourth-order valence-corrected chi connectivity index (χ4v) is 6.11. The lowest BCUT2D eigenvalue weighted by atomic mass is 10.0. The SMILES string of the molecule is COc1cc2cc(c1OC)CCCNC(=O)C[C@@H]1CC[C@H](CNC(=O)CC2)N1S(C)(=O)=O. The number of sulfonamides is 1. The Labute approximate surface area is 189 Å². The van der Waals surface area contributed by atoms with Crippen LogP contribution in [0.3, 0.4) is 0 Å². The molecule has 9 nitrogen and oxygen atoms in total. The van der Waals surface area contributed by atoms with Gasteiger partial charge >= 0.3 is 0 Å². The van der Waals surface area contributed by atoms with Crippen LogP contribution in [-0.4, -0.2) is 70.2 Å². The molecule has 0 radical (unpaired) electrons. The number of carbonyl (C=O) groups excluding carboxylic acids is 2. The molecular formula is C22H33N3O6S. The summed E-state index contributed by atoms with van der Waals surface area (Å²) in [5.74, 6) is 0.964. The summed E-state index contributed by atoms with van der Waals surface area (Å²) in [6, 6.07) is 3.16. The van der Waals surface area contributed by atoms with E-state index in [2.05, 4.69) is 10.6 Å². The first-order valence-corrected chi connectivity index (χ1v) is 12.8. The zero-order chi connectivity index (χ0) is 23.3. The first-order valence-electron chi connectivity index (χ1n) is 11.0. The van der Waals surface area contributed by atoms with Gasteiger partial charge in [-0.2, -0.15) is 4.31 Å². The summed E-state index contributed by atoms with van der Waals surface area (Å²) < 4.78 is 37.2. The van der Waals surface area contributed by atoms with Crippen LogP contribution in [0, 0.1) is 0 Å². The molecule has 2 amide bonds. The average molecular weight is 468 g/mol. The molecule has 1 aromatic rings. The quantitative estimate of drug-likeness (QED) is 0.686. The smallest absolute Gasteiger partial charge is 0.221 e. The van der Waals surface area contributed by atoms with E-state index in [9.17, 15) is 18.0 Å². The molecule has 2 aliphatic heterocycles. The van der Waals surface area contributed by atoms with Gasteiger partial charge in [0.25, 0.3) is 0 Å². The minimum Gasteiger partial charge on any atom is -0.493 e. The molecule has 0 aliphatic carbocycles. The highest BCUT2D eigenvalue weighted by Crippen LogP contribution is 2.34. The lowest BCUT2D eigenvalue weighted by molar-refractivity contribution is -0.122. The van der Waals surface area contributed by atoms with Crippen molar-refractivity contribution in [3.05, 3.63) is 23.3 Å². The second kappa shape index (κ2) is 10.5. The predicted molar refractivity (Wildman–Crippen MR) is 120 cm³/mol. The van der Waals surface area contributed by atoms with E-state index in [-0.39, 0.29) is 43.3 Å². The number of nitrogens with one attached hydrogen (secondary N) is 2. The zero-order valence-electron chi connectivity index (χ0n) is 19.0. The average Bonchev–Trinajstić information content (AvgIpc) is 3.15. The molecule has 2 N–H and O–H groups in total. The Bertz CT molecular complexity index is 949. The number of hydrogen-bond acceptors (Lipinski definition) is 6. The number of methoxy groups -OCH3 is 2. The predicted octanol–water partition coefficient (Wildman–Crippen LogP) is 0.998. The summed E-state index contributed by atoms with van der Waals surface area (Å²) >= 11 is 0. The lowest BCUT2D eigenvalue weighted by Gasteiger charge is -2.28. The molecule has 2 atom stereocenters. The highest BCUT2D eigenvalue weighted by atomic mass is 32.2. The van der Waals surface area contributed by atoms with Gasteiger partial charge in [0, 0.05) is 38.0 Å². The van der Waals surface area contributed by atoms with Gasteiger partial charge in [-0.15, -0.1) is 0 Å². The molecule has 4 bridgehead atoms. The number of hydrogen-bond donors (Lipinski definition) is 2. The molecule has 10 heteroatoms. The Hall–Kier alpha value is -2.33. The van der Waals surface area contributed by atoms with Gasteiger partial charge in [-0.25, -0.2) is 8.42 Å². The topological polar surface area (TPSA) is 114 Å². The van der Waals surface area contributed by atoms with E-state index >= 15 is 0 Å². The Morgan fingerprint density at radius 3 is 2.41 bits per heavy atom. The fourth-order valence-electron chi connectivity index (χ4n) is 4.67. The standard InChI is InChI=1S/C22H33N3O6S/c1-30-19-12-15-6-9-20(26)24-14-18-8-7-17(25(18)32(3,28)29)13-21(27)23-10-4-5-16(11-15)22(19)31-2/h11-12,17-18H,4-10,13-14H2,1-3H3,(H,23,27)(H,24,26)/t17-,18+/m0/s1. The number of carbonyl (C=O) groups is 2. The molecule has 2 heterocycles. The van der Waals surface area contributed by atoms with Gasteiger partial charge in [0.1, 0.15) is 0 Å². The molecule has 0 unspecified atom stereocenters. The van der Waals surface area contributed by atoms with E-state index in [1.807, 2.05) is 12.1 Å². The fraction of sp³-hybridized carbons (Fsp3) is 0.636. The number of fused-ring (bicyclic) bond motifs is 4. The molecule has 1 aromatic carbocycles. The number of nitrogens with zero attached hydrogens (tertiary/aromatic N) is 1. The third kappa shape index (κ3) is 5.92. The highest BCUT2D eigenvalue weighted by molar-refractivity contribution is 7.88. The Balaban J connectivity index is 1.83. The number of rotatable bonds is 3. The van der Waals surface area contributed by atoms with Crippen molar-refractivity contribution in [1.29, 1.82) is 0 Å². The van der Waals surface area contributed by atoms with Crippen molar-refractivity contribution in [2.45, 2.75) is 57.0 Å². The van der Waals surface area contributed by atoms with Gasteiger partial charge in [0.05, 0.1) is 20.5 Å². The molecule has 0 saturated carbocycles. The van der Waals surface area contributed by atoms with E-state index < -0.39 is 10.0 Å². The number of aryl methyl sites for hydroxylation is 2. The van der Waals surface area contributed by atoms with Crippen molar-refractivity contribution >= 4 is 21.8 Å². The van der Waals surface area contributed by atoms with Crippen molar-refractivity contribution in [2.24, 2.45) is 0 Å². The first kappa shape index (κ1) is 24.3. The van der Waals surface area contributed by atoms with Crippen LogP contribution < -0.4 is 20.1 Å². The molecule has 0 aromatic heterocycles. The van der Waals surface area contributed by atoms with E-state index in [0.29, 0.717) is 50.1 Å². The molecule has 1 saturated heterocycles. The van der Waals surface area contributed by atoms with Crippen molar-refractivity contribution in [3.8, 4) is 11.5 Å². The van der Waals surface area contributed by atoms with Gasteiger partial charge < -0.3 is 20.1 Å². The lowest BCUT2D eigenvalue weighted by Crippen LogP contribution is -2.47. The van der Waals surface area contributed by atoms with E-state index in [1.165, 1.54) is 4.31 Å². The Morgan fingerprint density at radius 1 is 0.969 bits per heavy atom. The summed E-state index contributed by atoms with van der Waals surface area (Å²) in [6.07, 6.45) is 4.66. The van der Waals surface area contributed by atoms with Gasteiger partial charge in [0.15, 0.2) is 11.5 Å². The monoisotopic (exact) mass is 467 g/mol. The first-order chi connectivity index (χ1) is 15.2. The largest absolute Gasteiger partial charge is 0.493 e. The summed E-state index contributed by atoms with van der Waals surface area (Å²) in [5.41, 5.74) is 1.92. The number of ether oxygens (including phenoxy) is 2. The van der Waals surface area contributed by atoms with Crippen LogP contribution in [0.25, 0.3) is 0 Å². The number of amides is 2. The second-order valence-electron chi connectivity index (χ2n) is 8.43. The minimum absolute atomic E-state index is 0.115. The molecule has 1 fully saturated rings. The molecule has 2 aliphatic rings. The Kier molecular flexibility index (Phi) is 8.00.